The highest BCUT2D eigenvalue weighted by Gasteiger charge is 2.51. The van der Waals surface area contributed by atoms with E-state index in [1.165, 1.54) is 33.2 Å². The van der Waals surface area contributed by atoms with Crippen molar-refractivity contribution < 1.29 is 93.9 Å². The molecule has 2 aliphatic carbocycles. The van der Waals surface area contributed by atoms with E-state index in [0.717, 1.165) is 12.1 Å². The summed E-state index contributed by atoms with van der Waals surface area (Å²) in [4.78, 5) is 53.4. The number of phenolic OH excluding ortho intramolecular Hbond substituents is 3. The van der Waals surface area contributed by atoms with Crippen LogP contribution in [0.3, 0.4) is 0 Å². The fourth-order valence-electron chi connectivity index (χ4n) is 8.38. The van der Waals surface area contributed by atoms with E-state index in [9.17, 15) is 70.2 Å². The van der Waals surface area contributed by atoms with Gasteiger partial charge in [0.05, 0.1) is 49.2 Å². The predicted octanol–water partition coefficient (Wildman–Crippen LogP) is -1.64. The Kier molecular flexibility index (Phi) is 11.9. The number of hydrogen-bond donors (Lipinski definition) is 12. The number of phenols is 3. The van der Waals surface area contributed by atoms with Crippen LogP contribution in [0.2, 0.25) is 0 Å². The number of carboxylic acid groups (broad SMARTS) is 1. The van der Waals surface area contributed by atoms with E-state index in [0.29, 0.717) is 0 Å². The minimum absolute atomic E-state index is 0.000623. The number of likely N-dealkylation sites (N-methyl/N-ethyl adjacent to an activating group) is 1. The van der Waals surface area contributed by atoms with Crippen LogP contribution < -0.4 is 15.4 Å². The van der Waals surface area contributed by atoms with E-state index in [4.69, 9.17) is 23.7 Å². The molecule has 0 saturated carbocycles. The number of hydrogen-bond acceptors (Lipinski definition) is 19. The van der Waals surface area contributed by atoms with E-state index in [1.807, 2.05) is 0 Å². The molecule has 9 unspecified atom stereocenters. The molecule has 12 atom stereocenters. The van der Waals surface area contributed by atoms with E-state index in [1.54, 1.807) is 6.92 Å². The number of amides is 1. The number of aliphatic hydroxyl groups is 6. The molecule has 0 spiro atoms. The highest BCUT2D eigenvalue weighted by Crippen LogP contribution is 2.57. The summed E-state index contributed by atoms with van der Waals surface area (Å²) in [5, 5.41) is 114. The largest absolute Gasteiger partial charge is 0.507 e. The van der Waals surface area contributed by atoms with Crippen LogP contribution in [0.25, 0.3) is 11.1 Å². The van der Waals surface area contributed by atoms with E-state index < -0.39 is 161 Å². The van der Waals surface area contributed by atoms with Gasteiger partial charge in [-0.15, -0.1) is 0 Å². The lowest BCUT2D eigenvalue weighted by molar-refractivity contribution is -0.339. The molecule has 3 aromatic carbocycles. The fraction of sp³-hybridized carbons (Fsp3) is 0.450. The maximum Gasteiger partial charge on any atom is 0.328 e. The maximum atomic E-state index is 14.1. The third-order valence-corrected chi connectivity index (χ3v) is 11.5. The zero-order valence-corrected chi connectivity index (χ0v) is 32.8. The Morgan fingerprint density at radius 2 is 1.51 bits per heavy atom. The number of carboxylic acids is 1. The van der Waals surface area contributed by atoms with Crippen molar-refractivity contribution in [3.63, 3.8) is 0 Å². The molecule has 61 heavy (non-hydrogen) atoms. The van der Waals surface area contributed by atoms with Crippen molar-refractivity contribution in [2.45, 2.75) is 87.3 Å². The Morgan fingerprint density at radius 1 is 0.852 bits per heavy atom. The first-order valence-corrected chi connectivity index (χ1v) is 18.9. The van der Waals surface area contributed by atoms with E-state index in [2.05, 4.69) is 10.6 Å². The van der Waals surface area contributed by atoms with Crippen LogP contribution in [-0.2, 0) is 23.7 Å². The molecule has 0 aromatic heterocycles. The van der Waals surface area contributed by atoms with Gasteiger partial charge in [0.1, 0.15) is 65.7 Å². The molecular weight excluding hydrogens is 812 g/mol. The lowest BCUT2D eigenvalue weighted by Crippen LogP contribution is -2.65. The van der Waals surface area contributed by atoms with Gasteiger partial charge in [-0.1, -0.05) is 6.07 Å². The number of methoxy groups -OCH3 is 1. The highest BCUT2D eigenvalue weighted by molar-refractivity contribution is 6.31. The van der Waals surface area contributed by atoms with Gasteiger partial charge in [-0.3, -0.25) is 14.4 Å². The molecule has 0 radical (unpaired) electrons. The Labute approximate surface area is 345 Å². The third kappa shape index (κ3) is 7.16. The average molecular weight is 857 g/mol. The summed E-state index contributed by atoms with van der Waals surface area (Å²) in [5.41, 5.74) is -3.82. The second-order valence-corrected chi connectivity index (χ2v) is 15.1. The molecule has 7 rings (SSSR count). The van der Waals surface area contributed by atoms with Gasteiger partial charge in [-0.2, -0.15) is 0 Å². The van der Waals surface area contributed by atoms with Crippen molar-refractivity contribution >= 4 is 23.4 Å². The maximum absolute atomic E-state index is 14.1. The van der Waals surface area contributed by atoms with Gasteiger partial charge in [0.2, 0.25) is 0 Å². The number of carbonyl (C=O) groups excluding carboxylic acids is 3. The van der Waals surface area contributed by atoms with Gasteiger partial charge in [-0.25, -0.2) is 4.79 Å². The normalized spacial score (nSPS) is 29.8. The van der Waals surface area contributed by atoms with Crippen molar-refractivity contribution in [2.75, 3.05) is 27.4 Å². The van der Waals surface area contributed by atoms with Crippen LogP contribution in [0.1, 0.15) is 78.0 Å². The first-order valence-electron chi connectivity index (χ1n) is 18.9. The van der Waals surface area contributed by atoms with Crippen LogP contribution in [0.5, 0.6) is 23.0 Å². The first-order chi connectivity index (χ1) is 28.9. The Bertz CT molecular complexity index is 2300. The second-order valence-electron chi connectivity index (χ2n) is 15.1. The van der Waals surface area contributed by atoms with Gasteiger partial charge < -0.3 is 85.4 Å². The summed E-state index contributed by atoms with van der Waals surface area (Å²) in [5.74, 6) is -7.18. The number of aromatic hydroxyl groups is 3. The summed E-state index contributed by atoms with van der Waals surface area (Å²) in [6, 6.07) is 1.91. The van der Waals surface area contributed by atoms with E-state index in [-0.39, 0.29) is 28.0 Å². The number of benzene rings is 3. The standard InChI is InChI=1S/C40H44N2O19/c1-11-5-17-24(31(50)21(11)37(54)42-18(9-43)38(55)56)23-15(8-16-25(32(23)51)28(47)14-6-13(57-4)7-19(44)22(14)27(16)46)29(48)35(17)60-40-34(53)36(26(41-3)12(2)59-40)61-39-33(52)30(49)20(45)10-58-39/h5-8,12,18,20,26,29-30,33-36,39-41,43-45,48-53H,9-10H2,1-4H3,(H,42,54)(H,55,56)/t12?,18-,20?,26?,29-,30?,33?,34?,35-,36?,39?,40?/m0/s1. The number of ketones is 2. The molecule has 4 aliphatic rings. The molecule has 21 nitrogen and oxygen atoms in total. The lowest BCUT2D eigenvalue weighted by atomic mass is 9.74. The van der Waals surface area contributed by atoms with Crippen LogP contribution in [-0.4, -0.2) is 163 Å². The third-order valence-electron chi connectivity index (χ3n) is 11.5. The smallest absolute Gasteiger partial charge is 0.328 e. The molecular formula is C40H44N2O19. The van der Waals surface area contributed by atoms with Crippen LogP contribution in [0, 0.1) is 6.92 Å². The Hall–Kier alpha value is -5.30. The number of ether oxygens (including phenoxy) is 5. The van der Waals surface area contributed by atoms with E-state index >= 15 is 0 Å². The van der Waals surface area contributed by atoms with Crippen LogP contribution in [0.4, 0.5) is 0 Å². The molecule has 1 amide bonds. The number of aliphatic hydroxyl groups excluding tert-OH is 6. The summed E-state index contributed by atoms with van der Waals surface area (Å²) in [6.07, 6.45) is -15.7. The number of rotatable bonds is 10. The van der Waals surface area contributed by atoms with Gasteiger partial charge in [0.15, 0.2) is 30.2 Å². The van der Waals surface area contributed by atoms with Crippen molar-refractivity contribution in [2.24, 2.45) is 0 Å². The molecule has 21 heteroatoms. The minimum atomic E-state index is -1.93. The summed E-state index contributed by atoms with van der Waals surface area (Å²) in [7, 11) is 2.78. The average Bonchev–Trinajstić information content (AvgIpc) is 3.21. The SMILES string of the molecule is CNC1C(C)OC(O[C@H]2c3cc(C)c(C(=O)N[C@@H](CO)C(=O)O)c(O)c3-c3c(cc4c(c3O)C(=O)c3cc(OC)cc(O)c3C4=O)[C@@H]2O)C(O)C1OC1OCC(O)C(O)C1O. The van der Waals surface area contributed by atoms with Crippen molar-refractivity contribution in [1.82, 2.24) is 10.6 Å². The molecule has 2 heterocycles. The number of aliphatic carboxylic acids is 1. The van der Waals surface area contributed by atoms with Gasteiger partial charge in [0, 0.05) is 28.3 Å². The first kappa shape index (κ1) is 43.8. The molecule has 2 aliphatic heterocycles. The van der Waals surface area contributed by atoms with Gasteiger partial charge in [-0.05, 0) is 49.7 Å². The fourth-order valence-corrected chi connectivity index (χ4v) is 8.38. The number of fused-ring (bicyclic) bond motifs is 5. The second kappa shape index (κ2) is 16.5. The zero-order chi connectivity index (χ0) is 44.5. The van der Waals surface area contributed by atoms with Crippen molar-refractivity contribution in [3.05, 3.63) is 68.8 Å². The summed E-state index contributed by atoms with van der Waals surface area (Å²) < 4.78 is 28.9. The van der Waals surface area contributed by atoms with Crippen LogP contribution in [0.15, 0.2) is 24.3 Å². The molecule has 12 N–H and O–H groups in total. The topological polar surface area (TPSA) is 341 Å². The Morgan fingerprint density at radius 3 is 2.15 bits per heavy atom. The number of nitrogens with one attached hydrogen (secondary N) is 2. The number of carbonyl (C=O) groups is 4. The summed E-state index contributed by atoms with van der Waals surface area (Å²) >= 11 is 0. The monoisotopic (exact) mass is 856 g/mol. The van der Waals surface area contributed by atoms with Gasteiger partial charge in [0.25, 0.3) is 5.91 Å². The molecule has 2 fully saturated rings. The lowest BCUT2D eigenvalue weighted by Gasteiger charge is -2.47. The minimum Gasteiger partial charge on any atom is -0.507 e. The van der Waals surface area contributed by atoms with Crippen molar-refractivity contribution in [3.8, 4) is 34.1 Å². The number of aryl methyl sites for hydroxylation is 1. The zero-order valence-electron chi connectivity index (χ0n) is 32.8. The molecule has 2 saturated heterocycles. The van der Waals surface area contributed by atoms with Crippen LogP contribution >= 0.6 is 0 Å². The van der Waals surface area contributed by atoms with Crippen molar-refractivity contribution in [1.29, 1.82) is 0 Å². The molecule has 0 bridgehead atoms. The highest BCUT2D eigenvalue weighted by atomic mass is 16.7. The quantitative estimate of drug-likeness (QED) is 0.0851. The molecule has 3 aromatic rings. The predicted molar refractivity (Wildman–Crippen MR) is 202 cm³/mol. The molecule has 328 valence electrons. The Balaban J connectivity index is 1.37. The summed E-state index contributed by atoms with van der Waals surface area (Å²) in [6.45, 7) is 1.46. The van der Waals surface area contributed by atoms with Gasteiger partial charge >= 0.3 is 5.97 Å².